The Morgan fingerprint density at radius 1 is 1.82 bits per heavy atom. The van der Waals surface area contributed by atoms with Gasteiger partial charge < -0.3 is 5.32 Å². The summed E-state index contributed by atoms with van der Waals surface area (Å²) < 4.78 is 0. The van der Waals surface area contributed by atoms with Gasteiger partial charge in [-0.3, -0.25) is 9.63 Å². The fourth-order valence-electron chi connectivity index (χ4n) is 0.950. The Morgan fingerprint density at radius 3 is 3.18 bits per heavy atom. The van der Waals surface area contributed by atoms with Gasteiger partial charge in [0.1, 0.15) is 0 Å². The van der Waals surface area contributed by atoms with Gasteiger partial charge in [-0.2, -0.15) is 0 Å². The molecule has 0 aromatic rings. The van der Waals surface area contributed by atoms with Crippen LogP contribution in [0.5, 0.6) is 0 Å². The third-order valence-electron chi connectivity index (χ3n) is 1.68. The summed E-state index contributed by atoms with van der Waals surface area (Å²) in [6, 6.07) is 0. The van der Waals surface area contributed by atoms with Crippen LogP contribution in [0, 0.1) is 0 Å². The van der Waals surface area contributed by atoms with Crippen molar-refractivity contribution in [3.8, 4) is 0 Å². The average molecular weight is 158 g/mol. The summed E-state index contributed by atoms with van der Waals surface area (Å²) in [5.74, 6) is -0.0584. The lowest BCUT2D eigenvalue weighted by Gasteiger charge is -2.09. The van der Waals surface area contributed by atoms with Crippen molar-refractivity contribution in [2.45, 2.75) is 25.9 Å². The van der Waals surface area contributed by atoms with Crippen molar-refractivity contribution < 1.29 is 9.63 Å². The Balaban J connectivity index is 2.06. The molecule has 1 heterocycles. The van der Waals surface area contributed by atoms with Gasteiger partial charge in [-0.25, -0.2) is 5.48 Å². The zero-order valence-electron chi connectivity index (χ0n) is 6.72. The Morgan fingerprint density at radius 2 is 2.64 bits per heavy atom. The van der Waals surface area contributed by atoms with Crippen LogP contribution < -0.4 is 10.8 Å². The smallest absolute Gasteiger partial charge is 0.243 e. The van der Waals surface area contributed by atoms with E-state index in [0.717, 1.165) is 19.5 Å². The number of hydrogen-bond acceptors (Lipinski definition) is 3. The number of rotatable bonds is 3. The van der Waals surface area contributed by atoms with E-state index in [1.807, 2.05) is 0 Å². The molecular weight excluding hydrogens is 144 g/mol. The van der Waals surface area contributed by atoms with E-state index >= 15 is 0 Å². The molecule has 0 aromatic heterocycles. The van der Waals surface area contributed by atoms with Crippen molar-refractivity contribution in [3.05, 3.63) is 0 Å². The van der Waals surface area contributed by atoms with Gasteiger partial charge in [-0.1, -0.05) is 6.92 Å². The van der Waals surface area contributed by atoms with Gasteiger partial charge in [0.05, 0.1) is 6.10 Å². The summed E-state index contributed by atoms with van der Waals surface area (Å²) in [4.78, 5) is 15.8. The molecule has 1 rings (SSSR count). The zero-order valence-corrected chi connectivity index (χ0v) is 6.72. The monoisotopic (exact) mass is 158 g/mol. The molecule has 11 heavy (non-hydrogen) atoms. The second kappa shape index (κ2) is 4.31. The fourth-order valence-corrected chi connectivity index (χ4v) is 0.950. The van der Waals surface area contributed by atoms with Gasteiger partial charge in [0.25, 0.3) is 0 Å². The van der Waals surface area contributed by atoms with Gasteiger partial charge in [0, 0.05) is 13.0 Å². The van der Waals surface area contributed by atoms with E-state index in [9.17, 15) is 4.79 Å². The largest absolute Gasteiger partial charge is 0.314 e. The lowest BCUT2D eigenvalue weighted by atomic mass is 10.3. The molecule has 1 unspecified atom stereocenters. The third kappa shape index (κ3) is 2.86. The first-order valence-electron chi connectivity index (χ1n) is 3.98. The van der Waals surface area contributed by atoms with Gasteiger partial charge in [0.2, 0.25) is 5.91 Å². The van der Waals surface area contributed by atoms with Gasteiger partial charge in [0.15, 0.2) is 0 Å². The molecular formula is C7H14N2O2. The lowest BCUT2D eigenvalue weighted by molar-refractivity contribution is -0.137. The molecule has 0 spiro atoms. The van der Waals surface area contributed by atoms with Gasteiger partial charge in [-0.15, -0.1) is 0 Å². The first-order chi connectivity index (χ1) is 5.33. The molecule has 2 N–H and O–H groups in total. The molecule has 4 nitrogen and oxygen atoms in total. The highest BCUT2D eigenvalue weighted by molar-refractivity contribution is 5.74. The molecule has 0 aliphatic carbocycles. The van der Waals surface area contributed by atoms with Crippen LogP contribution in [0.3, 0.4) is 0 Å². The summed E-state index contributed by atoms with van der Waals surface area (Å²) in [5.41, 5.74) is 2.40. The highest BCUT2D eigenvalue weighted by atomic mass is 16.7. The van der Waals surface area contributed by atoms with Crippen LogP contribution in [-0.2, 0) is 9.63 Å². The first kappa shape index (κ1) is 8.49. The lowest BCUT2D eigenvalue weighted by Crippen LogP contribution is -2.30. The number of amides is 1. The minimum atomic E-state index is -0.0584. The van der Waals surface area contributed by atoms with Crippen LogP contribution in [0.25, 0.3) is 0 Å². The van der Waals surface area contributed by atoms with Crippen LogP contribution in [0.4, 0.5) is 0 Å². The first-order valence-corrected chi connectivity index (χ1v) is 3.98. The average Bonchev–Trinajstić information content (AvgIpc) is 2.52. The Kier molecular flexibility index (Phi) is 3.32. The zero-order chi connectivity index (χ0) is 8.10. The fraction of sp³-hybridized carbons (Fsp3) is 0.857. The topological polar surface area (TPSA) is 50.4 Å². The number of nitrogens with one attached hydrogen (secondary N) is 2. The maximum atomic E-state index is 10.7. The second-order valence-corrected chi connectivity index (χ2v) is 2.61. The molecule has 1 fully saturated rings. The van der Waals surface area contributed by atoms with Crippen molar-refractivity contribution in [1.82, 2.24) is 10.8 Å². The number of carbonyl (C=O) groups excluding carboxylic acids is 1. The van der Waals surface area contributed by atoms with E-state index < -0.39 is 0 Å². The van der Waals surface area contributed by atoms with E-state index in [2.05, 4.69) is 10.8 Å². The van der Waals surface area contributed by atoms with Crippen molar-refractivity contribution >= 4 is 5.91 Å². The molecule has 1 aliphatic heterocycles. The van der Waals surface area contributed by atoms with Crippen LogP contribution in [0.15, 0.2) is 0 Å². The molecule has 0 radical (unpaired) electrons. The minimum Gasteiger partial charge on any atom is -0.314 e. The molecule has 1 saturated heterocycles. The normalized spacial score (nSPS) is 23.5. The molecule has 1 aliphatic rings. The summed E-state index contributed by atoms with van der Waals surface area (Å²) in [6.45, 7) is 3.61. The van der Waals surface area contributed by atoms with Crippen molar-refractivity contribution in [3.63, 3.8) is 0 Å². The predicted molar refractivity (Wildman–Crippen MR) is 40.8 cm³/mol. The maximum absolute atomic E-state index is 10.7. The number of hydrogen-bond donors (Lipinski definition) is 2. The van der Waals surface area contributed by atoms with Crippen LogP contribution in [-0.4, -0.2) is 25.1 Å². The highest BCUT2D eigenvalue weighted by Gasteiger charge is 2.15. The van der Waals surface area contributed by atoms with E-state index in [0.29, 0.717) is 6.42 Å². The number of hydroxylamine groups is 1. The summed E-state index contributed by atoms with van der Waals surface area (Å²) in [6.07, 6.45) is 1.61. The molecule has 4 heteroatoms. The molecule has 64 valence electrons. The van der Waals surface area contributed by atoms with Crippen LogP contribution >= 0.6 is 0 Å². The number of carbonyl (C=O) groups is 1. The van der Waals surface area contributed by atoms with E-state index in [1.165, 1.54) is 0 Å². The van der Waals surface area contributed by atoms with E-state index in [4.69, 9.17) is 4.84 Å². The van der Waals surface area contributed by atoms with Gasteiger partial charge in [-0.05, 0) is 13.0 Å². The second-order valence-electron chi connectivity index (χ2n) is 2.61. The van der Waals surface area contributed by atoms with E-state index in [-0.39, 0.29) is 12.0 Å². The Labute approximate surface area is 66.3 Å². The van der Waals surface area contributed by atoms with Crippen molar-refractivity contribution in [1.29, 1.82) is 0 Å². The molecule has 0 bridgehead atoms. The summed E-state index contributed by atoms with van der Waals surface area (Å²) in [5, 5.41) is 3.14. The summed E-state index contributed by atoms with van der Waals surface area (Å²) >= 11 is 0. The third-order valence-corrected chi connectivity index (χ3v) is 1.68. The van der Waals surface area contributed by atoms with E-state index in [1.54, 1.807) is 6.92 Å². The minimum absolute atomic E-state index is 0.0584. The van der Waals surface area contributed by atoms with Crippen LogP contribution in [0.1, 0.15) is 19.8 Å². The standard InChI is InChI=1S/C7H14N2O2/c1-2-7(10)9-11-6-3-4-8-5-6/h6,8H,2-5H2,1H3,(H,9,10). The maximum Gasteiger partial charge on any atom is 0.243 e. The molecule has 0 aromatic carbocycles. The molecule has 1 atom stereocenters. The quantitative estimate of drug-likeness (QED) is 0.559. The summed E-state index contributed by atoms with van der Waals surface area (Å²) in [7, 11) is 0. The molecule has 1 amide bonds. The van der Waals surface area contributed by atoms with Gasteiger partial charge >= 0.3 is 0 Å². The highest BCUT2D eigenvalue weighted by Crippen LogP contribution is 2.00. The molecule has 0 saturated carbocycles. The van der Waals surface area contributed by atoms with Crippen molar-refractivity contribution in [2.24, 2.45) is 0 Å². The predicted octanol–water partition coefficient (Wildman–Crippen LogP) is -0.194. The SMILES string of the molecule is CCC(=O)NOC1CCNC1. The Bertz CT molecular complexity index is 132. The van der Waals surface area contributed by atoms with Crippen molar-refractivity contribution in [2.75, 3.05) is 13.1 Å². The van der Waals surface area contributed by atoms with Crippen LogP contribution in [0.2, 0.25) is 0 Å². The Hall–Kier alpha value is -0.610.